The average molecular weight is 414 g/mol. The molecule has 146 valence electrons. The third-order valence-corrected chi connectivity index (χ3v) is 6.28. The van der Waals surface area contributed by atoms with Crippen molar-refractivity contribution in [1.82, 2.24) is 14.5 Å². The lowest BCUT2D eigenvalue weighted by molar-refractivity contribution is -0.130. The Labute approximate surface area is 172 Å². The van der Waals surface area contributed by atoms with Crippen LogP contribution in [0.2, 0.25) is 0 Å². The van der Waals surface area contributed by atoms with Gasteiger partial charge in [0, 0.05) is 19.6 Å². The Bertz CT molecular complexity index is 1030. The highest BCUT2D eigenvalue weighted by Crippen LogP contribution is 2.26. The monoisotopic (exact) mass is 413 g/mol. The van der Waals surface area contributed by atoms with Crippen LogP contribution in [-0.2, 0) is 17.9 Å². The van der Waals surface area contributed by atoms with Crippen molar-refractivity contribution in [3.63, 3.8) is 0 Å². The van der Waals surface area contributed by atoms with Crippen LogP contribution in [0.5, 0.6) is 0 Å². The van der Waals surface area contributed by atoms with Crippen LogP contribution in [-0.4, -0.2) is 32.2 Å². The largest absolute Gasteiger partial charge is 0.338 e. The lowest BCUT2D eigenvalue weighted by atomic mass is 10.2. The highest BCUT2D eigenvalue weighted by molar-refractivity contribution is 8.00. The van der Waals surface area contributed by atoms with Crippen molar-refractivity contribution in [2.75, 3.05) is 6.54 Å². The quantitative estimate of drug-likeness (QED) is 0.316. The van der Waals surface area contributed by atoms with Crippen LogP contribution in [0.3, 0.4) is 0 Å². The zero-order chi connectivity index (χ0) is 20.1. The number of thioether (sulfide) groups is 1. The molecule has 0 N–H and O–H groups in total. The van der Waals surface area contributed by atoms with Crippen molar-refractivity contribution in [3.8, 4) is 0 Å². The standard InChI is InChI=1S/C21H23N3O2S2/c1-4-12-24-20(26)17-11-13-27-18(17)22-21(24)28-15(3)19(25)23(5-2)14-16-9-7-6-8-10-16/h4,6-11,13,15H,1,5,12,14H2,2-3H3. The minimum atomic E-state index is -0.357. The highest BCUT2D eigenvalue weighted by atomic mass is 32.2. The van der Waals surface area contributed by atoms with Gasteiger partial charge in [0.25, 0.3) is 5.56 Å². The molecule has 2 heterocycles. The zero-order valence-corrected chi connectivity index (χ0v) is 17.6. The number of benzene rings is 1. The summed E-state index contributed by atoms with van der Waals surface area (Å²) in [5.74, 6) is 0.0297. The first-order chi connectivity index (χ1) is 13.5. The smallest absolute Gasteiger partial charge is 0.263 e. The van der Waals surface area contributed by atoms with Gasteiger partial charge in [-0.1, -0.05) is 48.2 Å². The maximum absolute atomic E-state index is 13.0. The second-order valence-corrected chi connectivity index (χ2v) is 8.54. The Morgan fingerprint density at radius 1 is 1.36 bits per heavy atom. The zero-order valence-electron chi connectivity index (χ0n) is 16.0. The molecule has 0 radical (unpaired) electrons. The van der Waals surface area contributed by atoms with Crippen molar-refractivity contribution in [1.29, 1.82) is 0 Å². The normalized spacial score (nSPS) is 12.1. The molecule has 3 aromatic rings. The van der Waals surface area contributed by atoms with Crippen molar-refractivity contribution >= 4 is 39.2 Å². The molecule has 7 heteroatoms. The molecule has 0 aliphatic carbocycles. The van der Waals surface area contributed by atoms with Gasteiger partial charge in [0.1, 0.15) is 4.83 Å². The van der Waals surface area contributed by atoms with E-state index in [2.05, 4.69) is 11.6 Å². The SMILES string of the molecule is C=CCn1c(SC(C)C(=O)N(CC)Cc2ccccc2)nc2sccc2c1=O. The van der Waals surface area contributed by atoms with E-state index in [-0.39, 0.29) is 16.7 Å². The molecule has 5 nitrogen and oxygen atoms in total. The number of nitrogens with zero attached hydrogens (tertiary/aromatic N) is 3. The van der Waals surface area contributed by atoms with E-state index in [1.54, 1.807) is 16.7 Å². The number of amides is 1. The third-order valence-electron chi connectivity index (χ3n) is 4.40. The van der Waals surface area contributed by atoms with Gasteiger partial charge in [0.2, 0.25) is 5.91 Å². The summed E-state index contributed by atoms with van der Waals surface area (Å²) in [5.41, 5.74) is 1.00. The molecule has 28 heavy (non-hydrogen) atoms. The van der Waals surface area contributed by atoms with Crippen molar-refractivity contribution in [2.24, 2.45) is 0 Å². The van der Waals surface area contributed by atoms with Gasteiger partial charge in [-0.3, -0.25) is 14.2 Å². The van der Waals surface area contributed by atoms with Crippen LogP contribution >= 0.6 is 23.1 Å². The van der Waals surface area contributed by atoms with E-state index in [0.29, 0.717) is 35.0 Å². The van der Waals surface area contributed by atoms with E-state index in [9.17, 15) is 9.59 Å². The predicted octanol–water partition coefficient (Wildman–Crippen LogP) is 4.17. The van der Waals surface area contributed by atoms with Crippen LogP contribution in [0.4, 0.5) is 0 Å². The second kappa shape index (κ2) is 9.21. The summed E-state index contributed by atoms with van der Waals surface area (Å²) in [6.45, 7) is 9.13. The van der Waals surface area contributed by atoms with Gasteiger partial charge in [-0.15, -0.1) is 17.9 Å². The number of hydrogen-bond donors (Lipinski definition) is 0. The summed E-state index contributed by atoms with van der Waals surface area (Å²) in [6, 6.07) is 11.7. The average Bonchev–Trinajstić information content (AvgIpc) is 3.18. The lowest BCUT2D eigenvalue weighted by Crippen LogP contribution is -2.36. The molecule has 1 amide bonds. The van der Waals surface area contributed by atoms with E-state index in [1.807, 2.05) is 54.5 Å². The molecule has 3 rings (SSSR count). The summed E-state index contributed by atoms with van der Waals surface area (Å²) in [4.78, 5) is 32.9. The summed E-state index contributed by atoms with van der Waals surface area (Å²) >= 11 is 2.76. The van der Waals surface area contributed by atoms with Gasteiger partial charge >= 0.3 is 0 Å². The number of allylic oxidation sites excluding steroid dienone is 1. The first kappa shape index (κ1) is 20.4. The third kappa shape index (κ3) is 4.36. The number of carbonyl (C=O) groups is 1. The maximum Gasteiger partial charge on any atom is 0.263 e. The number of rotatable bonds is 8. The molecule has 0 saturated carbocycles. The molecule has 0 fully saturated rings. The molecule has 0 aliphatic rings. The van der Waals surface area contributed by atoms with Crippen LogP contribution in [0, 0.1) is 0 Å². The topological polar surface area (TPSA) is 55.2 Å². The van der Waals surface area contributed by atoms with E-state index in [1.165, 1.54) is 23.1 Å². The first-order valence-electron chi connectivity index (χ1n) is 9.13. The van der Waals surface area contributed by atoms with E-state index in [4.69, 9.17) is 0 Å². The molecule has 1 unspecified atom stereocenters. The Balaban J connectivity index is 1.83. The van der Waals surface area contributed by atoms with E-state index < -0.39 is 0 Å². The molecule has 1 atom stereocenters. The van der Waals surface area contributed by atoms with Crippen molar-refractivity contribution in [3.05, 3.63) is 70.4 Å². The fourth-order valence-electron chi connectivity index (χ4n) is 2.93. The van der Waals surface area contributed by atoms with Crippen molar-refractivity contribution < 1.29 is 4.79 Å². The molecule has 0 aliphatic heterocycles. The van der Waals surface area contributed by atoms with Gasteiger partial charge in [-0.25, -0.2) is 4.98 Å². The predicted molar refractivity (Wildman–Crippen MR) is 117 cm³/mol. The number of hydrogen-bond acceptors (Lipinski definition) is 5. The van der Waals surface area contributed by atoms with E-state index in [0.717, 1.165) is 5.56 Å². The molecule has 1 aromatic carbocycles. The summed E-state index contributed by atoms with van der Waals surface area (Å²) in [5, 5.41) is 2.66. The second-order valence-electron chi connectivity index (χ2n) is 6.34. The van der Waals surface area contributed by atoms with Gasteiger partial charge in [0.15, 0.2) is 5.16 Å². The number of thiophene rings is 1. The van der Waals surface area contributed by atoms with Crippen LogP contribution in [0.15, 0.2) is 64.4 Å². The van der Waals surface area contributed by atoms with Crippen LogP contribution < -0.4 is 5.56 Å². The molecular weight excluding hydrogens is 390 g/mol. The van der Waals surface area contributed by atoms with Crippen LogP contribution in [0.25, 0.3) is 10.2 Å². The summed E-state index contributed by atoms with van der Waals surface area (Å²) < 4.78 is 1.59. The minimum Gasteiger partial charge on any atom is -0.338 e. The van der Waals surface area contributed by atoms with Crippen LogP contribution in [0.1, 0.15) is 19.4 Å². The van der Waals surface area contributed by atoms with Gasteiger partial charge in [-0.05, 0) is 30.9 Å². The molecule has 0 bridgehead atoms. The maximum atomic E-state index is 13.0. The lowest BCUT2D eigenvalue weighted by Gasteiger charge is -2.24. The Morgan fingerprint density at radius 3 is 2.79 bits per heavy atom. The number of fused-ring (bicyclic) bond motifs is 1. The minimum absolute atomic E-state index is 0.0297. The molecular formula is C21H23N3O2S2. The molecule has 0 saturated heterocycles. The summed E-state index contributed by atoms with van der Waals surface area (Å²) in [6.07, 6.45) is 1.67. The molecule has 2 aromatic heterocycles. The summed E-state index contributed by atoms with van der Waals surface area (Å²) in [7, 11) is 0. The van der Waals surface area contributed by atoms with Gasteiger partial charge in [0.05, 0.1) is 10.6 Å². The Kier molecular flexibility index (Phi) is 6.70. The fraction of sp³-hybridized carbons (Fsp3) is 0.286. The van der Waals surface area contributed by atoms with Gasteiger partial charge in [-0.2, -0.15) is 0 Å². The number of aromatic nitrogens is 2. The van der Waals surface area contributed by atoms with Crippen molar-refractivity contribution in [2.45, 2.75) is 37.3 Å². The highest BCUT2D eigenvalue weighted by Gasteiger charge is 2.23. The fourth-order valence-corrected chi connectivity index (χ4v) is 4.73. The Morgan fingerprint density at radius 2 is 2.11 bits per heavy atom. The Hall–Kier alpha value is -2.38. The first-order valence-corrected chi connectivity index (χ1v) is 10.9. The van der Waals surface area contributed by atoms with Gasteiger partial charge < -0.3 is 4.90 Å². The number of carbonyl (C=O) groups excluding carboxylic acids is 1. The molecule has 0 spiro atoms. The van der Waals surface area contributed by atoms with E-state index >= 15 is 0 Å².